The highest BCUT2D eigenvalue weighted by molar-refractivity contribution is 9.10. The lowest BCUT2D eigenvalue weighted by atomic mass is 10.2. The van der Waals surface area contributed by atoms with Crippen LogP contribution in [0.5, 0.6) is 0 Å². The molecule has 0 aliphatic heterocycles. The molecule has 0 bridgehead atoms. The molecule has 4 nitrogen and oxygen atoms in total. The summed E-state index contributed by atoms with van der Waals surface area (Å²) in [6.45, 7) is 2.53. The van der Waals surface area contributed by atoms with Crippen LogP contribution in [0, 0.1) is 6.92 Å². The van der Waals surface area contributed by atoms with E-state index in [1.165, 1.54) is 0 Å². The highest BCUT2D eigenvalue weighted by Crippen LogP contribution is 2.24. The first-order chi connectivity index (χ1) is 9.61. The molecule has 0 saturated heterocycles. The van der Waals surface area contributed by atoms with Crippen molar-refractivity contribution in [1.82, 2.24) is 4.98 Å². The molecule has 3 rings (SSSR count). The lowest BCUT2D eigenvalue weighted by Crippen LogP contribution is -2.02. The van der Waals surface area contributed by atoms with Crippen molar-refractivity contribution in [2.75, 3.05) is 11.1 Å². The summed E-state index contributed by atoms with van der Waals surface area (Å²) < 4.78 is 6.50. The van der Waals surface area contributed by atoms with Crippen molar-refractivity contribution in [2.45, 2.75) is 13.5 Å². The Morgan fingerprint density at radius 3 is 2.90 bits per heavy atom. The van der Waals surface area contributed by atoms with Gasteiger partial charge in [-0.2, -0.15) is 0 Å². The molecule has 3 aromatic rings. The summed E-state index contributed by atoms with van der Waals surface area (Å²) in [5.41, 5.74) is 10.4. The molecule has 0 unspecified atom stereocenters. The fraction of sp³-hybridized carbons (Fsp3) is 0.133. The van der Waals surface area contributed by atoms with Crippen molar-refractivity contribution in [2.24, 2.45) is 0 Å². The molecule has 1 aromatic heterocycles. The van der Waals surface area contributed by atoms with Crippen LogP contribution in [0.2, 0.25) is 0 Å². The molecule has 0 aliphatic rings. The molecule has 0 aliphatic carbocycles. The maximum Gasteiger partial charge on any atom is 0.192 e. The predicted molar refractivity (Wildman–Crippen MR) is 84.6 cm³/mol. The Labute approximate surface area is 125 Å². The number of benzene rings is 2. The van der Waals surface area contributed by atoms with Gasteiger partial charge in [-0.25, -0.2) is 4.98 Å². The van der Waals surface area contributed by atoms with Crippen LogP contribution in [0.15, 0.2) is 45.3 Å². The summed E-state index contributed by atoms with van der Waals surface area (Å²) in [5.74, 6) is 0.683. The van der Waals surface area contributed by atoms with Gasteiger partial charge in [0.25, 0.3) is 0 Å². The number of aryl methyl sites for hydroxylation is 1. The molecule has 0 radical (unpaired) electrons. The summed E-state index contributed by atoms with van der Waals surface area (Å²) in [5, 5.41) is 3.32. The Hall–Kier alpha value is -2.01. The number of nitrogens with two attached hydrogens (primary N) is 1. The van der Waals surface area contributed by atoms with Crippen molar-refractivity contribution in [3.8, 4) is 0 Å². The van der Waals surface area contributed by atoms with Crippen LogP contribution in [0.25, 0.3) is 11.1 Å². The predicted octanol–water partition coefficient (Wildman–Crippen LogP) is 4.09. The van der Waals surface area contributed by atoms with E-state index in [1.54, 1.807) is 0 Å². The Balaban J connectivity index is 1.79. The minimum absolute atomic E-state index is 0.682. The van der Waals surface area contributed by atoms with Gasteiger partial charge >= 0.3 is 0 Å². The van der Waals surface area contributed by atoms with Gasteiger partial charge in [-0.3, -0.25) is 0 Å². The van der Waals surface area contributed by atoms with Crippen LogP contribution in [0.1, 0.15) is 11.5 Å². The molecule has 0 amide bonds. The number of hydrogen-bond donors (Lipinski definition) is 2. The maximum absolute atomic E-state index is 5.96. The van der Waals surface area contributed by atoms with Crippen LogP contribution in [-0.2, 0) is 6.54 Å². The second-order valence-electron chi connectivity index (χ2n) is 4.62. The van der Waals surface area contributed by atoms with Gasteiger partial charge in [-0.15, -0.1) is 0 Å². The zero-order valence-corrected chi connectivity index (χ0v) is 12.6. The smallest absolute Gasteiger partial charge is 0.192 e. The van der Waals surface area contributed by atoms with Crippen LogP contribution in [0.3, 0.4) is 0 Å². The standard InChI is InChI=1S/C15H14BrN3O/c1-9-19-14-4-2-10(6-15(14)20-9)8-18-13-5-3-11(16)7-12(13)17/h2-7,18H,8,17H2,1H3. The van der Waals surface area contributed by atoms with Crippen molar-refractivity contribution in [3.05, 3.63) is 52.3 Å². The average Bonchev–Trinajstić information content (AvgIpc) is 2.77. The van der Waals surface area contributed by atoms with Crippen molar-refractivity contribution < 1.29 is 4.42 Å². The zero-order chi connectivity index (χ0) is 14.1. The number of anilines is 2. The molecule has 0 fully saturated rings. The van der Waals surface area contributed by atoms with E-state index in [-0.39, 0.29) is 0 Å². The molecular weight excluding hydrogens is 318 g/mol. The van der Waals surface area contributed by atoms with E-state index in [0.29, 0.717) is 12.4 Å². The van der Waals surface area contributed by atoms with E-state index in [1.807, 2.05) is 43.3 Å². The van der Waals surface area contributed by atoms with Gasteiger partial charge in [0.15, 0.2) is 11.5 Å². The van der Waals surface area contributed by atoms with E-state index in [4.69, 9.17) is 10.2 Å². The number of nitrogen functional groups attached to an aromatic ring is 1. The van der Waals surface area contributed by atoms with Crippen molar-refractivity contribution in [3.63, 3.8) is 0 Å². The summed E-state index contributed by atoms with van der Waals surface area (Å²) in [6.07, 6.45) is 0. The number of fused-ring (bicyclic) bond motifs is 1. The summed E-state index contributed by atoms with van der Waals surface area (Å²) in [4.78, 5) is 4.28. The minimum atomic E-state index is 0.682. The molecule has 0 saturated carbocycles. The Kier molecular flexibility index (Phi) is 3.36. The van der Waals surface area contributed by atoms with Gasteiger partial charge in [0.1, 0.15) is 5.52 Å². The van der Waals surface area contributed by atoms with Gasteiger partial charge in [-0.1, -0.05) is 22.0 Å². The largest absolute Gasteiger partial charge is 0.441 e. The SMILES string of the molecule is Cc1nc2ccc(CNc3ccc(Br)cc3N)cc2o1. The Morgan fingerprint density at radius 2 is 2.10 bits per heavy atom. The minimum Gasteiger partial charge on any atom is -0.441 e. The van der Waals surface area contributed by atoms with Crippen molar-refractivity contribution >= 4 is 38.4 Å². The maximum atomic E-state index is 5.96. The lowest BCUT2D eigenvalue weighted by molar-refractivity contribution is 0.561. The molecule has 1 heterocycles. The van der Waals surface area contributed by atoms with Gasteiger partial charge in [0.2, 0.25) is 0 Å². The first-order valence-corrected chi connectivity index (χ1v) is 7.06. The Bertz CT molecular complexity index is 767. The lowest BCUT2D eigenvalue weighted by Gasteiger charge is -2.09. The van der Waals surface area contributed by atoms with Crippen LogP contribution in [-0.4, -0.2) is 4.98 Å². The first-order valence-electron chi connectivity index (χ1n) is 6.27. The fourth-order valence-electron chi connectivity index (χ4n) is 2.09. The third-order valence-electron chi connectivity index (χ3n) is 3.06. The number of oxazole rings is 1. The van der Waals surface area contributed by atoms with Crippen molar-refractivity contribution in [1.29, 1.82) is 0 Å². The number of aromatic nitrogens is 1. The zero-order valence-electron chi connectivity index (χ0n) is 11.0. The first kappa shape index (κ1) is 13.0. The number of hydrogen-bond acceptors (Lipinski definition) is 4. The second kappa shape index (κ2) is 5.17. The van der Waals surface area contributed by atoms with E-state index < -0.39 is 0 Å². The molecule has 0 spiro atoms. The summed E-state index contributed by atoms with van der Waals surface area (Å²) in [7, 11) is 0. The molecule has 0 atom stereocenters. The van der Waals surface area contributed by atoms with E-state index >= 15 is 0 Å². The highest BCUT2D eigenvalue weighted by Gasteiger charge is 2.04. The van der Waals surface area contributed by atoms with E-state index in [9.17, 15) is 0 Å². The third kappa shape index (κ3) is 2.63. The van der Waals surface area contributed by atoms with Crippen LogP contribution < -0.4 is 11.1 Å². The van der Waals surface area contributed by atoms with Crippen LogP contribution >= 0.6 is 15.9 Å². The molecular formula is C15H14BrN3O. The molecule has 102 valence electrons. The second-order valence-corrected chi connectivity index (χ2v) is 5.54. The molecule has 5 heteroatoms. The van der Waals surface area contributed by atoms with E-state index in [2.05, 4.69) is 26.2 Å². The molecule has 20 heavy (non-hydrogen) atoms. The highest BCUT2D eigenvalue weighted by atomic mass is 79.9. The summed E-state index contributed by atoms with van der Waals surface area (Å²) >= 11 is 3.39. The number of nitrogens with one attached hydrogen (secondary N) is 1. The Morgan fingerprint density at radius 1 is 1.25 bits per heavy atom. The fourth-order valence-corrected chi connectivity index (χ4v) is 2.46. The number of nitrogens with zero attached hydrogens (tertiary/aromatic N) is 1. The van der Waals surface area contributed by atoms with Gasteiger partial charge in [0, 0.05) is 17.9 Å². The van der Waals surface area contributed by atoms with Gasteiger partial charge in [-0.05, 0) is 35.9 Å². The molecule has 2 aromatic carbocycles. The summed E-state index contributed by atoms with van der Waals surface area (Å²) in [6, 6.07) is 11.8. The van der Waals surface area contributed by atoms with Crippen LogP contribution in [0.4, 0.5) is 11.4 Å². The van der Waals surface area contributed by atoms with Gasteiger partial charge < -0.3 is 15.5 Å². The van der Waals surface area contributed by atoms with Gasteiger partial charge in [0.05, 0.1) is 11.4 Å². The average molecular weight is 332 g/mol. The normalized spacial score (nSPS) is 10.9. The molecule has 3 N–H and O–H groups in total. The quantitative estimate of drug-likeness (QED) is 0.709. The third-order valence-corrected chi connectivity index (χ3v) is 3.55. The topological polar surface area (TPSA) is 64.1 Å². The number of halogens is 1. The number of rotatable bonds is 3. The monoisotopic (exact) mass is 331 g/mol. The van der Waals surface area contributed by atoms with E-state index in [0.717, 1.165) is 32.5 Å².